The molecule has 0 atom stereocenters. The van der Waals surface area contributed by atoms with Crippen LogP contribution in [0.1, 0.15) is 23.4 Å². The standard InChI is InChI=1S/C20H20N4OS/c1-13-15(14(2)25-24-13)8-5-11-21-19-16-7-3-4-9-17(16)22-20(23-19)18-10-6-12-26-18/h3-4,6-7,9-10,12H,5,8,11H2,1-2H3,(H,21,22,23). The Balaban J connectivity index is 1.53. The Morgan fingerprint density at radius 1 is 1.08 bits per heavy atom. The minimum atomic E-state index is 0.770. The molecule has 3 aromatic heterocycles. The van der Waals surface area contributed by atoms with Crippen molar-refractivity contribution < 1.29 is 4.52 Å². The zero-order valence-electron chi connectivity index (χ0n) is 14.8. The van der Waals surface area contributed by atoms with Gasteiger partial charge in [0.2, 0.25) is 0 Å². The highest BCUT2D eigenvalue weighted by molar-refractivity contribution is 7.13. The molecule has 4 aromatic rings. The molecule has 0 aliphatic heterocycles. The number of hydrogen-bond donors (Lipinski definition) is 1. The maximum absolute atomic E-state index is 5.24. The van der Waals surface area contributed by atoms with E-state index < -0.39 is 0 Å². The van der Waals surface area contributed by atoms with E-state index in [-0.39, 0.29) is 0 Å². The summed E-state index contributed by atoms with van der Waals surface area (Å²) in [4.78, 5) is 10.6. The summed E-state index contributed by atoms with van der Waals surface area (Å²) in [6.07, 6.45) is 1.92. The van der Waals surface area contributed by atoms with Gasteiger partial charge in [-0.2, -0.15) is 0 Å². The smallest absolute Gasteiger partial charge is 0.172 e. The first-order valence-corrected chi connectivity index (χ1v) is 9.56. The van der Waals surface area contributed by atoms with Gasteiger partial charge in [0.05, 0.1) is 16.1 Å². The molecule has 0 fully saturated rings. The summed E-state index contributed by atoms with van der Waals surface area (Å²) in [5.74, 6) is 2.57. The van der Waals surface area contributed by atoms with Gasteiger partial charge in [0.15, 0.2) is 5.82 Å². The molecule has 1 N–H and O–H groups in total. The minimum Gasteiger partial charge on any atom is -0.369 e. The van der Waals surface area contributed by atoms with Crippen molar-refractivity contribution in [3.63, 3.8) is 0 Å². The normalized spacial score (nSPS) is 11.2. The second kappa shape index (κ2) is 7.25. The van der Waals surface area contributed by atoms with Crippen molar-refractivity contribution >= 4 is 28.1 Å². The number of para-hydroxylation sites is 1. The second-order valence-electron chi connectivity index (χ2n) is 6.22. The molecule has 1 aromatic carbocycles. The number of rotatable bonds is 6. The molecule has 0 unspecified atom stereocenters. The largest absolute Gasteiger partial charge is 0.369 e. The van der Waals surface area contributed by atoms with Crippen LogP contribution >= 0.6 is 11.3 Å². The lowest BCUT2D eigenvalue weighted by atomic mass is 10.1. The number of anilines is 1. The quantitative estimate of drug-likeness (QED) is 0.487. The van der Waals surface area contributed by atoms with Crippen molar-refractivity contribution in [2.24, 2.45) is 0 Å². The summed E-state index contributed by atoms with van der Waals surface area (Å²) in [5, 5.41) is 10.6. The van der Waals surface area contributed by atoms with Gasteiger partial charge in [-0.25, -0.2) is 9.97 Å². The van der Waals surface area contributed by atoms with E-state index in [9.17, 15) is 0 Å². The number of nitrogens with zero attached hydrogens (tertiary/aromatic N) is 3. The van der Waals surface area contributed by atoms with Gasteiger partial charge < -0.3 is 9.84 Å². The zero-order chi connectivity index (χ0) is 17.9. The fraction of sp³-hybridized carbons (Fsp3) is 0.250. The number of fused-ring (bicyclic) bond motifs is 1. The number of hydrogen-bond acceptors (Lipinski definition) is 6. The summed E-state index contributed by atoms with van der Waals surface area (Å²) in [5.41, 5.74) is 3.15. The first kappa shape index (κ1) is 16.7. The first-order chi connectivity index (χ1) is 12.7. The van der Waals surface area contributed by atoms with Crippen molar-refractivity contribution in [1.82, 2.24) is 15.1 Å². The third kappa shape index (κ3) is 3.32. The molecule has 26 heavy (non-hydrogen) atoms. The molecule has 4 rings (SSSR count). The Morgan fingerprint density at radius 3 is 2.73 bits per heavy atom. The highest BCUT2D eigenvalue weighted by Gasteiger charge is 2.11. The number of aryl methyl sites for hydroxylation is 2. The van der Waals surface area contributed by atoms with E-state index in [1.54, 1.807) is 11.3 Å². The fourth-order valence-electron chi connectivity index (χ4n) is 3.06. The Bertz CT molecular complexity index is 1000. The van der Waals surface area contributed by atoms with Crippen LogP contribution in [-0.2, 0) is 6.42 Å². The lowest BCUT2D eigenvalue weighted by Crippen LogP contribution is -2.07. The van der Waals surface area contributed by atoms with Crippen molar-refractivity contribution in [2.75, 3.05) is 11.9 Å². The molecule has 6 heteroatoms. The van der Waals surface area contributed by atoms with Crippen LogP contribution in [0.15, 0.2) is 46.3 Å². The fourth-order valence-corrected chi connectivity index (χ4v) is 3.72. The van der Waals surface area contributed by atoms with Crippen molar-refractivity contribution in [2.45, 2.75) is 26.7 Å². The van der Waals surface area contributed by atoms with Crippen LogP contribution < -0.4 is 5.32 Å². The third-order valence-corrected chi connectivity index (χ3v) is 5.29. The van der Waals surface area contributed by atoms with Crippen LogP contribution in [0.3, 0.4) is 0 Å². The van der Waals surface area contributed by atoms with Crippen LogP contribution in [0, 0.1) is 13.8 Å². The summed E-state index contributed by atoms with van der Waals surface area (Å²) in [6, 6.07) is 12.2. The van der Waals surface area contributed by atoms with E-state index in [1.807, 2.05) is 43.5 Å². The monoisotopic (exact) mass is 364 g/mol. The Morgan fingerprint density at radius 2 is 1.96 bits per heavy atom. The van der Waals surface area contributed by atoms with Gasteiger partial charge in [0, 0.05) is 17.5 Å². The molecule has 0 saturated heterocycles. The van der Waals surface area contributed by atoms with Crippen LogP contribution in [0.25, 0.3) is 21.6 Å². The molecule has 0 aliphatic rings. The zero-order valence-corrected chi connectivity index (χ0v) is 15.6. The predicted octanol–water partition coefficient (Wildman–Crippen LogP) is 5.01. The number of thiophene rings is 1. The highest BCUT2D eigenvalue weighted by atomic mass is 32.1. The molecule has 0 bridgehead atoms. The van der Waals surface area contributed by atoms with Gasteiger partial charge >= 0.3 is 0 Å². The van der Waals surface area contributed by atoms with E-state index >= 15 is 0 Å². The maximum atomic E-state index is 5.24. The summed E-state index contributed by atoms with van der Waals surface area (Å²) in [6.45, 7) is 4.79. The van der Waals surface area contributed by atoms with Crippen molar-refractivity contribution in [3.05, 3.63) is 58.8 Å². The molecule has 0 amide bonds. The molecular formula is C20H20N4OS. The molecular weight excluding hydrogens is 344 g/mol. The molecule has 0 aliphatic carbocycles. The number of nitrogens with one attached hydrogen (secondary N) is 1. The average molecular weight is 364 g/mol. The van der Waals surface area contributed by atoms with E-state index in [1.165, 1.54) is 5.56 Å². The van der Waals surface area contributed by atoms with E-state index in [4.69, 9.17) is 14.5 Å². The van der Waals surface area contributed by atoms with Gasteiger partial charge in [0.25, 0.3) is 0 Å². The molecule has 132 valence electrons. The minimum absolute atomic E-state index is 0.770. The van der Waals surface area contributed by atoms with E-state index in [2.05, 4.69) is 22.6 Å². The van der Waals surface area contributed by atoms with Gasteiger partial charge in [0.1, 0.15) is 11.6 Å². The van der Waals surface area contributed by atoms with Gasteiger partial charge in [-0.3, -0.25) is 0 Å². The van der Waals surface area contributed by atoms with E-state index in [0.717, 1.165) is 58.3 Å². The molecule has 0 radical (unpaired) electrons. The topological polar surface area (TPSA) is 63.8 Å². The molecule has 0 spiro atoms. The maximum Gasteiger partial charge on any atom is 0.172 e. The van der Waals surface area contributed by atoms with Gasteiger partial charge in [-0.05, 0) is 50.3 Å². The lowest BCUT2D eigenvalue weighted by molar-refractivity contribution is 0.392. The van der Waals surface area contributed by atoms with Gasteiger partial charge in [-0.1, -0.05) is 23.4 Å². The predicted molar refractivity (Wildman–Crippen MR) is 106 cm³/mol. The van der Waals surface area contributed by atoms with Crippen LogP contribution in [0.2, 0.25) is 0 Å². The number of benzene rings is 1. The van der Waals surface area contributed by atoms with Crippen molar-refractivity contribution in [1.29, 1.82) is 0 Å². The van der Waals surface area contributed by atoms with E-state index in [0.29, 0.717) is 0 Å². The van der Waals surface area contributed by atoms with Crippen LogP contribution in [0.4, 0.5) is 5.82 Å². The highest BCUT2D eigenvalue weighted by Crippen LogP contribution is 2.27. The van der Waals surface area contributed by atoms with Gasteiger partial charge in [-0.15, -0.1) is 11.3 Å². The summed E-state index contributed by atoms with van der Waals surface area (Å²) in [7, 11) is 0. The molecule has 0 saturated carbocycles. The molecule has 5 nitrogen and oxygen atoms in total. The van der Waals surface area contributed by atoms with Crippen molar-refractivity contribution in [3.8, 4) is 10.7 Å². The number of aromatic nitrogens is 3. The Hall–Kier alpha value is -2.73. The third-order valence-electron chi connectivity index (χ3n) is 4.42. The van der Waals surface area contributed by atoms with Crippen LogP contribution in [-0.4, -0.2) is 21.7 Å². The van der Waals surface area contributed by atoms with Crippen LogP contribution in [0.5, 0.6) is 0 Å². The Labute approximate surface area is 156 Å². The Kier molecular flexibility index (Phi) is 4.67. The first-order valence-electron chi connectivity index (χ1n) is 8.68. The second-order valence-corrected chi connectivity index (χ2v) is 7.17. The SMILES string of the molecule is Cc1noc(C)c1CCCNc1nc(-c2cccs2)nc2ccccc12. The summed E-state index contributed by atoms with van der Waals surface area (Å²) >= 11 is 1.65. The molecule has 3 heterocycles. The summed E-state index contributed by atoms with van der Waals surface area (Å²) < 4.78 is 5.24. The lowest BCUT2D eigenvalue weighted by Gasteiger charge is -2.10. The average Bonchev–Trinajstić information content (AvgIpc) is 3.30.